The van der Waals surface area contributed by atoms with Crippen molar-refractivity contribution in [1.29, 1.82) is 0 Å². The van der Waals surface area contributed by atoms with E-state index in [0.717, 1.165) is 12.0 Å². The number of hydrogen-bond donors (Lipinski definition) is 0. The van der Waals surface area contributed by atoms with Gasteiger partial charge in [-0.05, 0) is 25.8 Å². The third-order valence-electron chi connectivity index (χ3n) is 3.35. The molecule has 0 aromatic carbocycles. The molecule has 2 heterocycles. The highest BCUT2D eigenvalue weighted by atomic mass is 15.3. The Morgan fingerprint density at radius 1 is 1.08 bits per heavy atom. The highest BCUT2D eigenvalue weighted by Crippen LogP contribution is 2.23. The fourth-order valence-electron chi connectivity index (χ4n) is 2.53. The van der Waals surface area contributed by atoms with Crippen LogP contribution in [0.5, 0.6) is 0 Å². The Bertz CT molecular complexity index is 140. The third kappa shape index (κ3) is 1.64. The lowest BCUT2D eigenvalue weighted by molar-refractivity contribution is 0.0424. The van der Waals surface area contributed by atoms with E-state index in [9.17, 15) is 0 Å². The lowest BCUT2D eigenvalue weighted by Crippen LogP contribution is -2.55. The minimum atomic E-state index is 0.875. The minimum absolute atomic E-state index is 0.875. The summed E-state index contributed by atoms with van der Waals surface area (Å²) in [6.45, 7) is 7.59. The van der Waals surface area contributed by atoms with Gasteiger partial charge in [-0.25, -0.2) is 0 Å². The molecule has 70 valence electrons. The average molecular weight is 168 g/mol. The van der Waals surface area contributed by atoms with Gasteiger partial charge in [0.05, 0.1) is 0 Å². The van der Waals surface area contributed by atoms with Crippen molar-refractivity contribution in [3.63, 3.8) is 0 Å². The average Bonchev–Trinajstić information content (AvgIpc) is 2.05. The first-order chi connectivity index (χ1) is 5.75. The van der Waals surface area contributed by atoms with Gasteiger partial charge in [-0.15, -0.1) is 0 Å². The number of fused-ring (bicyclic) bond motifs is 1. The normalized spacial score (nSPS) is 39.5. The van der Waals surface area contributed by atoms with Gasteiger partial charge in [0, 0.05) is 32.2 Å². The first kappa shape index (κ1) is 8.52. The number of nitrogens with zero attached hydrogens (tertiary/aromatic N) is 2. The quantitative estimate of drug-likeness (QED) is 0.533. The SMILES string of the molecule is CC1CCC2CN(C)CCN2C1. The zero-order chi connectivity index (χ0) is 8.55. The van der Waals surface area contributed by atoms with Crippen LogP contribution in [0.15, 0.2) is 0 Å². The first-order valence-corrected chi connectivity index (χ1v) is 5.18. The van der Waals surface area contributed by atoms with Crippen LogP contribution in [0.2, 0.25) is 0 Å². The molecule has 0 N–H and O–H groups in total. The highest BCUT2D eigenvalue weighted by Gasteiger charge is 2.29. The van der Waals surface area contributed by atoms with Gasteiger partial charge in [0.1, 0.15) is 0 Å². The van der Waals surface area contributed by atoms with E-state index in [1.54, 1.807) is 0 Å². The molecule has 0 bridgehead atoms. The smallest absolute Gasteiger partial charge is 0.0223 e. The molecule has 2 saturated heterocycles. The molecule has 12 heavy (non-hydrogen) atoms. The Kier molecular flexibility index (Phi) is 2.37. The van der Waals surface area contributed by atoms with Crippen molar-refractivity contribution in [2.75, 3.05) is 33.2 Å². The zero-order valence-electron chi connectivity index (χ0n) is 8.29. The van der Waals surface area contributed by atoms with E-state index in [1.165, 1.54) is 39.0 Å². The van der Waals surface area contributed by atoms with E-state index in [-0.39, 0.29) is 0 Å². The van der Waals surface area contributed by atoms with Gasteiger partial charge in [0.15, 0.2) is 0 Å². The monoisotopic (exact) mass is 168 g/mol. The molecule has 2 aliphatic rings. The minimum Gasteiger partial charge on any atom is -0.304 e. The van der Waals surface area contributed by atoms with Gasteiger partial charge in [-0.1, -0.05) is 6.92 Å². The summed E-state index contributed by atoms with van der Waals surface area (Å²) >= 11 is 0. The number of piperazine rings is 1. The predicted octanol–water partition coefficient (Wildman–Crippen LogP) is 1.03. The van der Waals surface area contributed by atoms with Crippen LogP contribution in [0, 0.1) is 5.92 Å². The third-order valence-corrected chi connectivity index (χ3v) is 3.35. The van der Waals surface area contributed by atoms with Crippen molar-refractivity contribution >= 4 is 0 Å². The molecular weight excluding hydrogens is 148 g/mol. The van der Waals surface area contributed by atoms with Gasteiger partial charge in [0.2, 0.25) is 0 Å². The predicted molar refractivity (Wildman–Crippen MR) is 51.3 cm³/mol. The second-order valence-corrected chi connectivity index (χ2v) is 4.59. The lowest BCUT2D eigenvalue weighted by Gasteiger charge is -2.44. The van der Waals surface area contributed by atoms with Crippen LogP contribution in [0.25, 0.3) is 0 Å². The van der Waals surface area contributed by atoms with Crippen molar-refractivity contribution in [2.24, 2.45) is 5.92 Å². The number of hydrogen-bond acceptors (Lipinski definition) is 2. The van der Waals surface area contributed by atoms with E-state index in [1.807, 2.05) is 0 Å². The fourth-order valence-corrected chi connectivity index (χ4v) is 2.53. The van der Waals surface area contributed by atoms with Crippen LogP contribution in [-0.4, -0.2) is 49.1 Å². The Morgan fingerprint density at radius 2 is 1.92 bits per heavy atom. The van der Waals surface area contributed by atoms with Crippen molar-refractivity contribution < 1.29 is 0 Å². The van der Waals surface area contributed by atoms with Crippen LogP contribution in [0.4, 0.5) is 0 Å². The second kappa shape index (κ2) is 3.35. The molecule has 2 unspecified atom stereocenters. The number of likely N-dealkylation sites (N-methyl/N-ethyl adjacent to an activating group) is 1. The molecule has 0 aromatic heterocycles. The highest BCUT2D eigenvalue weighted by molar-refractivity contribution is 4.85. The first-order valence-electron chi connectivity index (χ1n) is 5.18. The van der Waals surface area contributed by atoms with Crippen LogP contribution in [-0.2, 0) is 0 Å². The maximum Gasteiger partial charge on any atom is 0.0223 e. The van der Waals surface area contributed by atoms with Gasteiger partial charge >= 0.3 is 0 Å². The van der Waals surface area contributed by atoms with Gasteiger partial charge in [-0.3, -0.25) is 4.90 Å². The zero-order valence-corrected chi connectivity index (χ0v) is 8.29. The molecule has 2 nitrogen and oxygen atoms in total. The molecule has 2 fully saturated rings. The molecule has 0 aromatic rings. The molecule has 0 aliphatic carbocycles. The summed E-state index contributed by atoms with van der Waals surface area (Å²) in [6.07, 6.45) is 2.86. The lowest BCUT2D eigenvalue weighted by atomic mass is 9.93. The Morgan fingerprint density at radius 3 is 2.75 bits per heavy atom. The summed E-state index contributed by atoms with van der Waals surface area (Å²) in [5.74, 6) is 0.935. The molecule has 2 heteroatoms. The van der Waals surface area contributed by atoms with Gasteiger partial charge < -0.3 is 4.90 Å². The maximum absolute atomic E-state index is 2.69. The summed E-state index contributed by atoms with van der Waals surface area (Å²) < 4.78 is 0. The number of piperidine rings is 1. The topological polar surface area (TPSA) is 6.48 Å². The van der Waals surface area contributed by atoms with E-state index >= 15 is 0 Å². The van der Waals surface area contributed by atoms with E-state index in [2.05, 4.69) is 23.8 Å². The summed E-state index contributed by atoms with van der Waals surface area (Å²) in [5.41, 5.74) is 0. The van der Waals surface area contributed by atoms with Crippen LogP contribution in [0.3, 0.4) is 0 Å². The molecule has 2 aliphatic heterocycles. The molecule has 0 spiro atoms. The van der Waals surface area contributed by atoms with Crippen molar-refractivity contribution in [2.45, 2.75) is 25.8 Å². The van der Waals surface area contributed by atoms with E-state index < -0.39 is 0 Å². The Labute approximate surface area is 75.5 Å². The molecule has 2 rings (SSSR count). The second-order valence-electron chi connectivity index (χ2n) is 4.59. The Hall–Kier alpha value is -0.0800. The van der Waals surface area contributed by atoms with E-state index in [4.69, 9.17) is 0 Å². The molecule has 2 atom stereocenters. The van der Waals surface area contributed by atoms with Gasteiger partial charge in [0.25, 0.3) is 0 Å². The molecule has 0 radical (unpaired) electrons. The van der Waals surface area contributed by atoms with Crippen molar-refractivity contribution in [3.8, 4) is 0 Å². The van der Waals surface area contributed by atoms with Crippen LogP contribution >= 0.6 is 0 Å². The summed E-state index contributed by atoms with van der Waals surface area (Å²) in [5, 5.41) is 0. The van der Waals surface area contributed by atoms with Crippen molar-refractivity contribution in [1.82, 2.24) is 9.80 Å². The number of rotatable bonds is 0. The molecule has 0 saturated carbocycles. The van der Waals surface area contributed by atoms with E-state index in [0.29, 0.717) is 0 Å². The van der Waals surface area contributed by atoms with Crippen LogP contribution in [0.1, 0.15) is 19.8 Å². The van der Waals surface area contributed by atoms with Crippen LogP contribution < -0.4 is 0 Å². The fraction of sp³-hybridized carbons (Fsp3) is 1.00. The standard InChI is InChI=1S/C10H20N2/c1-9-3-4-10-8-11(2)5-6-12(10)7-9/h9-10H,3-8H2,1-2H3. The van der Waals surface area contributed by atoms with Crippen molar-refractivity contribution in [3.05, 3.63) is 0 Å². The summed E-state index contributed by atoms with van der Waals surface area (Å²) in [4.78, 5) is 5.16. The maximum atomic E-state index is 2.69. The molecule has 0 amide bonds. The largest absolute Gasteiger partial charge is 0.304 e. The summed E-state index contributed by atoms with van der Waals surface area (Å²) in [7, 11) is 2.25. The van der Waals surface area contributed by atoms with Gasteiger partial charge in [-0.2, -0.15) is 0 Å². The molecular formula is C10H20N2. The summed E-state index contributed by atoms with van der Waals surface area (Å²) in [6, 6.07) is 0.875. The Balaban J connectivity index is 1.94.